The first-order chi connectivity index (χ1) is 12.5. The zero-order valence-corrected chi connectivity index (χ0v) is 14.2. The molecule has 26 heavy (non-hydrogen) atoms. The van der Waals surface area contributed by atoms with Crippen LogP contribution in [0.2, 0.25) is 0 Å². The number of carbonyl (C=O) groups is 1. The number of nitrogens with one attached hydrogen (secondary N) is 1. The van der Waals surface area contributed by atoms with Crippen molar-refractivity contribution in [3.8, 4) is 11.4 Å². The molecule has 3 rings (SSSR count). The predicted octanol–water partition coefficient (Wildman–Crippen LogP) is 3.45. The second kappa shape index (κ2) is 7.38. The van der Waals surface area contributed by atoms with E-state index in [0.717, 1.165) is 23.8 Å². The Bertz CT molecular complexity index is 911. The molecule has 0 bridgehead atoms. The van der Waals surface area contributed by atoms with Crippen LogP contribution in [0.25, 0.3) is 11.4 Å². The maximum absolute atomic E-state index is 13.8. The van der Waals surface area contributed by atoms with Crippen LogP contribution < -0.4 is 5.32 Å². The molecule has 134 valence electrons. The zero-order chi connectivity index (χ0) is 18.7. The molecule has 2 aromatic carbocycles. The van der Waals surface area contributed by atoms with Gasteiger partial charge in [-0.3, -0.25) is 4.79 Å². The summed E-state index contributed by atoms with van der Waals surface area (Å²) in [5, 5.41) is 14.6. The highest BCUT2D eigenvalue weighted by Gasteiger charge is 2.28. The normalized spacial score (nSPS) is 12.2. The summed E-state index contributed by atoms with van der Waals surface area (Å²) in [5.41, 5.74) is 0.530. The lowest BCUT2D eigenvalue weighted by atomic mass is 10.0. The average Bonchev–Trinajstić information content (AvgIpc) is 3.08. The van der Waals surface area contributed by atoms with E-state index in [-0.39, 0.29) is 11.6 Å². The summed E-state index contributed by atoms with van der Waals surface area (Å²) in [6.07, 6.45) is 0. The van der Waals surface area contributed by atoms with Gasteiger partial charge in [-0.05, 0) is 23.3 Å². The summed E-state index contributed by atoms with van der Waals surface area (Å²) in [5.74, 6) is -1.75. The molecule has 0 aliphatic heterocycles. The topological polar surface area (TPSA) is 72.7 Å². The van der Waals surface area contributed by atoms with Crippen LogP contribution in [0.3, 0.4) is 0 Å². The summed E-state index contributed by atoms with van der Waals surface area (Å²) in [6, 6.07) is 11.2. The summed E-state index contributed by atoms with van der Waals surface area (Å²) in [4.78, 5) is 13.8. The molecule has 0 spiro atoms. The van der Waals surface area contributed by atoms with Crippen molar-refractivity contribution in [2.45, 2.75) is 19.9 Å². The van der Waals surface area contributed by atoms with Crippen LogP contribution in [-0.4, -0.2) is 26.1 Å². The largest absolute Gasteiger partial charge is 0.322 e. The fourth-order valence-electron chi connectivity index (χ4n) is 2.52. The molecule has 0 saturated carbocycles. The Morgan fingerprint density at radius 1 is 1.12 bits per heavy atom. The number of anilines is 1. The van der Waals surface area contributed by atoms with Gasteiger partial charge in [-0.1, -0.05) is 44.2 Å². The Hall–Kier alpha value is -3.16. The van der Waals surface area contributed by atoms with Crippen molar-refractivity contribution in [1.82, 2.24) is 20.2 Å². The molecule has 0 radical (unpaired) electrons. The highest BCUT2D eigenvalue weighted by atomic mass is 19.1. The minimum absolute atomic E-state index is 0.204. The van der Waals surface area contributed by atoms with Gasteiger partial charge in [0.1, 0.15) is 11.6 Å². The lowest BCUT2D eigenvalue weighted by Gasteiger charge is -2.19. The van der Waals surface area contributed by atoms with E-state index in [2.05, 4.69) is 20.7 Å². The van der Waals surface area contributed by atoms with Crippen LogP contribution in [0.1, 0.15) is 19.9 Å². The van der Waals surface area contributed by atoms with Crippen LogP contribution in [0.4, 0.5) is 14.5 Å². The molecule has 3 aromatic rings. The molecule has 0 aliphatic carbocycles. The summed E-state index contributed by atoms with van der Waals surface area (Å²) in [6.45, 7) is 3.61. The summed E-state index contributed by atoms with van der Waals surface area (Å²) in [7, 11) is 0. The lowest BCUT2D eigenvalue weighted by molar-refractivity contribution is -0.121. The Kier molecular flexibility index (Phi) is 5.01. The molecule has 8 heteroatoms. The van der Waals surface area contributed by atoms with Crippen molar-refractivity contribution in [2.24, 2.45) is 5.92 Å². The summed E-state index contributed by atoms with van der Waals surface area (Å²) < 4.78 is 27.1. The number of tetrazole rings is 1. The van der Waals surface area contributed by atoms with Crippen LogP contribution in [0.15, 0.2) is 48.5 Å². The molecule has 1 unspecified atom stereocenters. The minimum atomic E-state index is -0.831. The van der Waals surface area contributed by atoms with Crippen molar-refractivity contribution in [3.63, 3.8) is 0 Å². The molecule has 1 atom stereocenters. The lowest BCUT2D eigenvalue weighted by Crippen LogP contribution is -2.32. The van der Waals surface area contributed by atoms with Gasteiger partial charge in [0.2, 0.25) is 5.82 Å². The number of rotatable bonds is 5. The average molecular weight is 357 g/mol. The predicted molar refractivity (Wildman–Crippen MR) is 92.1 cm³/mol. The van der Waals surface area contributed by atoms with Gasteiger partial charge < -0.3 is 5.32 Å². The molecule has 0 aliphatic rings. The molecule has 1 aromatic heterocycles. The first-order valence-electron chi connectivity index (χ1n) is 8.06. The fraction of sp³-hybridized carbons (Fsp3) is 0.222. The highest BCUT2D eigenvalue weighted by Crippen LogP contribution is 2.22. The van der Waals surface area contributed by atoms with Crippen LogP contribution >= 0.6 is 0 Å². The van der Waals surface area contributed by atoms with Gasteiger partial charge >= 0.3 is 0 Å². The molecule has 6 nitrogen and oxygen atoms in total. The Balaban J connectivity index is 1.86. The monoisotopic (exact) mass is 357 g/mol. The number of hydrogen-bond acceptors (Lipinski definition) is 4. The second-order valence-electron chi connectivity index (χ2n) is 6.10. The highest BCUT2D eigenvalue weighted by molar-refractivity contribution is 5.93. The number of hydrogen-bond donors (Lipinski definition) is 1. The van der Waals surface area contributed by atoms with Gasteiger partial charge in [-0.2, -0.15) is 4.80 Å². The van der Waals surface area contributed by atoms with E-state index in [0.29, 0.717) is 5.82 Å². The number of nitrogens with zero attached hydrogens (tertiary/aromatic N) is 4. The van der Waals surface area contributed by atoms with Crippen LogP contribution in [0, 0.1) is 17.6 Å². The molecule has 0 saturated heterocycles. The maximum atomic E-state index is 13.8. The standard InChI is InChI=1S/C18H17F2N5O/c1-11(2)16(18(26)21-15-10-13(19)8-9-14(15)20)25-23-17(22-24-25)12-6-4-3-5-7-12/h3-11,16H,1-2H3,(H,21,26). The third-order valence-electron chi connectivity index (χ3n) is 3.80. The number of halogens is 2. The smallest absolute Gasteiger partial charge is 0.251 e. The van der Waals surface area contributed by atoms with Gasteiger partial charge in [0.25, 0.3) is 5.91 Å². The first kappa shape index (κ1) is 17.7. The van der Waals surface area contributed by atoms with E-state index in [1.54, 1.807) is 13.8 Å². The van der Waals surface area contributed by atoms with Gasteiger partial charge in [0.05, 0.1) is 5.69 Å². The van der Waals surface area contributed by atoms with E-state index < -0.39 is 23.6 Å². The van der Waals surface area contributed by atoms with E-state index >= 15 is 0 Å². The minimum Gasteiger partial charge on any atom is -0.322 e. The van der Waals surface area contributed by atoms with Crippen molar-refractivity contribution in [3.05, 3.63) is 60.2 Å². The van der Waals surface area contributed by atoms with Gasteiger partial charge in [-0.25, -0.2) is 8.78 Å². The molecular weight excluding hydrogens is 340 g/mol. The molecule has 0 fully saturated rings. The Morgan fingerprint density at radius 3 is 2.54 bits per heavy atom. The zero-order valence-electron chi connectivity index (χ0n) is 14.2. The van der Waals surface area contributed by atoms with Crippen molar-refractivity contribution >= 4 is 11.6 Å². The van der Waals surface area contributed by atoms with Crippen molar-refractivity contribution in [2.75, 3.05) is 5.32 Å². The van der Waals surface area contributed by atoms with Gasteiger partial charge in [-0.15, -0.1) is 10.2 Å². The number of benzene rings is 2. The number of amides is 1. The quantitative estimate of drug-likeness (QED) is 0.759. The van der Waals surface area contributed by atoms with Gasteiger partial charge in [0, 0.05) is 11.6 Å². The third kappa shape index (κ3) is 3.74. The maximum Gasteiger partial charge on any atom is 0.251 e. The van der Waals surface area contributed by atoms with E-state index in [1.807, 2.05) is 30.3 Å². The van der Waals surface area contributed by atoms with Crippen LogP contribution in [-0.2, 0) is 4.79 Å². The third-order valence-corrected chi connectivity index (χ3v) is 3.80. The second-order valence-corrected chi connectivity index (χ2v) is 6.10. The van der Waals surface area contributed by atoms with Crippen LogP contribution in [0.5, 0.6) is 0 Å². The van der Waals surface area contributed by atoms with E-state index in [1.165, 1.54) is 4.80 Å². The molecule has 1 N–H and O–H groups in total. The fourth-order valence-corrected chi connectivity index (χ4v) is 2.52. The summed E-state index contributed by atoms with van der Waals surface area (Å²) >= 11 is 0. The van der Waals surface area contributed by atoms with Gasteiger partial charge in [0.15, 0.2) is 6.04 Å². The Labute approximate surface area is 148 Å². The SMILES string of the molecule is CC(C)C(C(=O)Nc1cc(F)ccc1F)n1nnc(-c2ccccc2)n1. The van der Waals surface area contributed by atoms with E-state index in [9.17, 15) is 13.6 Å². The molecular formula is C18H17F2N5O. The van der Waals surface area contributed by atoms with Crippen molar-refractivity contribution in [1.29, 1.82) is 0 Å². The number of aromatic nitrogens is 4. The Morgan fingerprint density at radius 2 is 1.85 bits per heavy atom. The number of carbonyl (C=O) groups excluding carboxylic acids is 1. The molecule has 1 heterocycles. The molecule has 1 amide bonds. The van der Waals surface area contributed by atoms with Crippen molar-refractivity contribution < 1.29 is 13.6 Å². The first-order valence-corrected chi connectivity index (χ1v) is 8.06. The van der Waals surface area contributed by atoms with E-state index in [4.69, 9.17) is 0 Å².